The molecule has 0 saturated heterocycles. The fourth-order valence-corrected chi connectivity index (χ4v) is 2.06. The zero-order valence-corrected chi connectivity index (χ0v) is 14.7. The molecule has 0 aliphatic carbocycles. The van der Waals surface area contributed by atoms with Crippen LogP contribution in [0.15, 0.2) is 65.5 Å². The summed E-state index contributed by atoms with van der Waals surface area (Å²) < 4.78 is 14.2. The van der Waals surface area contributed by atoms with Gasteiger partial charge in [-0.05, 0) is 24.3 Å². The number of esters is 2. The van der Waals surface area contributed by atoms with Crippen molar-refractivity contribution in [3.63, 3.8) is 0 Å². The SMILES string of the molecule is COC(=O)c1ccc(-c2cnco2)cc1.COC(=O)c1ccc(C=O)cc1. The maximum Gasteiger partial charge on any atom is 0.337 e. The van der Waals surface area contributed by atoms with Crippen molar-refractivity contribution >= 4 is 18.2 Å². The van der Waals surface area contributed by atoms with Crippen molar-refractivity contribution in [2.75, 3.05) is 14.2 Å². The molecule has 0 aliphatic rings. The maximum absolute atomic E-state index is 11.2. The van der Waals surface area contributed by atoms with Crippen LogP contribution in [0.1, 0.15) is 31.1 Å². The Labute approximate surface area is 155 Å². The molecule has 138 valence electrons. The molecule has 0 aliphatic heterocycles. The van der Waals surface area contributed by atoms with Crippen molar-refractivity contribution in [1.82, 2.24) is 4.98 Å². The van der Waals surface area contributed by atoms with Gasteiger partial charge in [-0.2, -0.15) is 0 Å². The Balaban J connectivity index is 0.000000199. The Hall–Kier alpha value is -3.74. The molecule has 0 fully saturated rings. The first-order valence-corrected chi connectivity index (χ1v) is 7.80. The number of aromatic nitrogens is 1. The molecule has 2 aromatic carbocycles. The zero-order chi connectivity index (χ0) is 19.6. The number of oxazole rings is 1. The van der Waals surface area contributed by atoms with Gasteiger partial charge < -0.3 is 13.9 Å². The fraction of sp³-hybridized carbons (Fsp3) is 0.100. The van der Waals surface area contributed by atoms with Crippen LogP contribution in [0.2, 0.25) is 0 Å². The third kappa shape index (κ3) is 5.37. The molecule has 0 radical (unpaired) electrons. The molecule has 7 heteroatoms. The van der Waals surface area contributed by atoms with Gasteiger partial charge in [0, 0.05) is 11.1 Å². The van der Waals surface area contributed by atoms with Crippen LogP contribution in [-0.4, -0.2) is 37.4 Å². The average molecular weight is 367 g/mol. The van der Waals surface area contributed by atoms with Crippen LogP contribution in [0.25, 0.3) is 11.3 Å². The van der Waals surface area contributed by atoms with E-state index in [4.69, 9.17) is 4.42 Å². The minimum Gasteiger partial charge on any atom is -0.465 e. The first kappa shape index (κ1) is 19.6. The lowest BCUT2D eigenvalue weighted by atomic mass is 10.1. The number of rotatable bonds is 4. The predicted molar refractivity (Wildman–Crippen MR) is 96.4 cm³/mol. The third-order valence-electron chi connectivity index (χ3n) is 3.49. The second-order valence-corrected chi connectivity index (χ2v) is 5.17. The van der Waals surface area contributed by atoms with E-state index in [0.717, 1.165) is 11.8 Å². The average Bonchev–Trinajstić information content (AvgIpc) is 3.28. The van der Waals surface area contributed by atoms with Gasteiger partial charge in [-0.25, -0.2) is 14.6 Å². The van der Waals surface area contributed by atoms with Crippen LogP contribution in [0.3, 0.4) is 0 Å². The molecule has 0 unspecified atom stereocenters. The van der Waals surface area contributed by atoms with Gasteiger partial charge in [-0.15, -0.1) is 0 Å². The number of hydrogen-bond acceptors (Lipinski definition) is 7. The van der Waals surface area contributed by atoms with Crippen LogP contribution in [-0.2, 0) is 9.47 Å². The first-order chi connectivity index (χ1) is 13.1. The standard InChI is InChI=1S/C11H9NO3.C9H8O3/c1-14-11(13)9-4-2-8(3-5-9)10-6-12-7-15-10;1-12-9(11)8-4-2-7(6-10)3-5-8/h2-7H,1H3;2-6H,1H3. The van der Waals surface area contributed by atoms with Gasteiger partial charge in [0.25, 0.3) is 0 Å². The quantitative estimate of drug-likeness (QED) is 0.515. The summed E-state index contributed by atoms with van der Waals surface area (Å²) in [6, 6.07) is 13.2. The molecule has 0 N–H and O–H groups in total. The monoisotopic (exact) mass is 367 g/mol. The normalized spacial score (nSPS) is 9.56. The number of carbonyl (C=O) groups excluding carboxylic acids is 3. The summed E-state index contributed by atoms with van der Waals surface area (Å²) in [5.41, 5.74) is 2.38. The Morgan fingerprint density at radius 1 is 0.889 bits per heavy atom. The molecule has 0 spiro atoms. The molecule has 3 aromatic rings. The highest BCUT2D eigenvalue weighted by Gasteiger charge is 2.06. The summed E-state index contributed by atoms with van der Waals surface area (Å²) in [6.45, 7) is 0. The molecule has 0 bridgehead atoms. The van der Waals surface area contributed by atoms with E-state index in [1.54, 1.807) is 54.7 Å². The van der Waals surface area contributed by atoms with Crippen molar-refractivity contribution in [1.29, 1.82) is 0 Å². The molecular formula is C20H17NO6. The Kier molecular flexibility index (Phi) is 7.01. The highest BCUT2D eigenvalue weighted by atomic mass is 16.5. The van der Waals surface area contributed by atoms with Crippen LogP contribution in [0, 0.1) is 0 Å². The summed E-state index contributed by atoms with van der Waals surface area (Å²) in [7, 11) is 2.67. The zero-order valence-electron chi connectivity index (χ0n) is 14.7. The van der Waals surface area contributed by atoms with Crippen molar-refractivity contribution in [3.8, 4) is 11.3 Å². The highest BCUT2D eigenvalue weighted by Crippen LogP contribution is 2.18. The predicted octanol–water partition coefficient (Wildman–Crippen LogP) is 3.41. The van der Waals surface area contributed by atoms with E-state index in [-0.39, 0.29) is 5.97 Å². The molecule has 0 saturated carbocycles. The minimum atomic E-state index is -0.396. The van der Waals surface area contributed by atoms with E-state index in [0.29, 0.717) is 22.5 Å². The second-order valence-electron chi connectivity index (χ2n) is 5.17. The molecule has 1 aromatic heterocycles. The van der Waals surface area contributed by atoms with Gasteiger partial charge >= 0.3 is 11.9 Å². The van der Waals surface area contributed by atoms with Gasteiger partial charge in [0.1, 0.15) is 6.29 Å². The van der Waals surface area contributed by atoms with Crippen LogP contribution in [0.5, 0.6) is 0 Å². The lowest BCUT2D eigenvalue weighted by molar-refractivity contribution is 0.0592. The number of ether oxygens (including phenoxy) is 2. The molecule has 27 heavy (non-hydrogen) atoms. The first-order valence-electron chi connectivity index (χ1n) is 7.80. The van der Waals surface area contributed by atoms with Crippen LogP contribution < -0.4 is 0 Å². The van der Waals surface area contributed by atoms with E-state index < -0.39 is 5.97 Å². The number of hydrogen-bond donors (Lipinski definition) is 0. The Morgan fingerprint density at radius 3 is 1.81 bits per heavy atom. The molecule has 0 atom stereocenters. The number of benzene rings is 2. The van der Waals surface area contributed by atoms with Crippen LogP contribution in [0.4, 0.5) is 0 Å². The smallest absolute Gasteiger partial charge is 0.337 e. The Morgan fingerprint density at radius 2 is 1.41 bits per heavy atom. The summed E-state index contributed by atoms with van der Waals surface area (Å²) >= 11 is 0. The fourth-order valence-electron chi connectivity index (χ4n) is 2.06. The number of carbonyl (C=O) groups is 3. The van der Waals surface area contributed by atoms with E-state index in [1.807, 2.05) is 0 Å². The summed E-state index contributed by atoms with van der Waals surface area (Å²) in [4.78, 5) is 36.1. The van der Waals surface area contributed by atoms with E-state index in [1.165, 1.54) is 20.6 Å². The molecule has 1 heterocycles. The molecule has 7 nitrogen and oxygen atoms in total. The van der Waals surface area contributed by atoms with Gasteiger partial charge in [-0.1, -0.05) is 24.3 Å². The van der Waals surface area contributed by atoms with Gasteiger partial charge in [0.15, 0.2) is 12.2 Å². The van der Waals surface area contributed by atoms with E-state index in [9.17, 15) is 14.4 Å². The van der Waals surface area contributed by atoms with Gasteiger partial charge in [-0.3, -0.25) is 4.79 Å². The van der Waals surface area contributed by atoms with Crippen LogP contribution >= 0.6 is 0 Å². The largest absolute Gasteiger partial charge is 0.465 e. The van der Waals surface area contributed by atoms with Crippen molar-refractivity contribution < 1.29 is 28.3 Å². The summed E-state index contributed by atoms with van der Waals surface area (Å²) in [5.74, 6) is -0.0713. The van der Waals surface area contributed by atoms with E-state index >= 15 is 0 Å². The lowest BCUT2D eigenvalue weighted by Gasteiger charge is -1.99. The minimum absolute atomic E-state index is 0.348. The maximum atomic E-state index is 11.2. The lowest BCUT2D eigenvalue weighted by Crippen LogP contribution is -2.00. The topological polar surface area (TPSA) is 95.7 Å². The molecular weight excluding hydrogens is 350 g/mol. The molecule has 3 rings (SSSR count). The number of methoxy groups -OCH3 is 2. The van der Waals surface area contributed by atoms with E-state index in [2.05, 4.69) is 14.5 Å². The van der Waals surface area contributed by atoms with Crippen molar-refractivity contribution in [3.05, 3.63) is 77.8 Å². The highest BCUT2D eigenvalue weighted by molar-refractivity contribution is 5.90. The Bertz CT molecular complexity index is 883. The number of nitrogens with zero attached hydrogens (tertiary/aromatic N) is 1. The molecule has 0 amide bonds. The van der Waals surface area contributed by atoms with Gasteiger partial charge in [0.2, 0.25) is 0 Å². The van der Waals surface area contributed by atoms with Gasteiger partial charge in [0.05, 0.1) is 31.5 Å². The summed E-state index contributed by atoms with van der Waals surface area (Å²) in [5, 5.41) is 0. The summed E-state index contributed by atoms with van der Waals surface area (Å²) in [6.07, 6.45) is 3.71. The third-order valence-corrected chi connectivity index (χ3v) is 3.49. The number of aldehydes is 1. The van der Waals surface area contributed by atoms with Crippen molar-refractivity contribution in [2.45, 2.75) is 0 Å². The second kappa shape index (κ2) is 9.67. The van der Waals surface area contributed by atoms with Crippen molar-refractivity contribution in [2.24, 2.45) is 0 Å².